The summed E-state index contributed by atoms with van der Waals surface area (Å²) in [6.07, 6.45) is 0.229. The van der Waals surface area contributed by atoms with Gasteiger partial charge in [0.05, 0.1) is 18.8 Å². The lowest BCUT2D eigenvalue weighted by atomic mass is 10.3. The Morgan fingerprint density at radius 3 is 2.91 bits per heavy atom. The van der Waals surface area contributed by atoms with Crippen LogP contribution in [0.25, 0.3) is 0 Å². The standard InChI is InChI=1S/C7H14N2O2/c1-5(2)11-4-6-3-8-7(10)9-6/h5-6H,3-4H2,1-2H3,(H2,8,9,10). The van der Waals surface area contributed by atoms with Gasteiger partial charge in [-0.3, -0.25) is 0 Å². The molecule has 0 bridgehead atoms. The van der Waals surface area contributed by atoms with Gasteiger partial charge in [-0.05, 0) is 13.8 Å². The van der Waals surface area contributed by atoms with Crippen molar-refractivity contribution >= 4 is 6.03 Å². The van der Waals surface area contributed by atoms with Gasteiger partial charge in [-0.15, -0.1) is 0 Å². The third-order valence-electron chi connectivity index (χ3n) is 1.47. The van der Waals surface area contributed by atoms with Crippen molar-refractivity contribution in [3.8, 4) is 0 Å². The molecule has 2 amide bonds. The Bertz CT molecular complexity index is 147. The Kier molecular flexibility index (Phi) is 2.70. The highest BCUT2D eigenvalue weighted by Crippen LogP contribution is 1.94. The summed E-state index contributed by atoms with van der Waals surface area (Å²) in [6.45, 7) is 5.22. The first kappa shape index (κ1) is 8.33. The predicted molar refractivity (Wildman–Crippen MR) is 41.4 cm³/mol. The van der Waals surface area contributed by atoms with Crippen molar-refractivity contribution in [3.05, 3.63) is 0 Å². The van der Waals surface area contributed by atoms with Crippen LogP contribution in [0.15, 0.2) is 0 Å². The Labute approximate surface area is 66.3 Å². The number of nitrogens with one attached hydrogen (secondary N) is 2. The monoisotopic (exact) mass is 158 g/mol. The second-order valence-electron chi connectivity index (χ2n) is 2.93. The Morgan fingerprint density at radius 1 is 1.73 bits per heavy atom. The van der Waals surface area contributed by atoms with Crippen molar-refractivity contribution in [2.75, 3.05) is 13.2 Å². The number of urea groups is 1. The van der Waals surface area contributed by atoms with Crippen LogP contribution in [0.4, 0.5) is 4.79 Å². The van der Waals surface area contributed by atoms with Gasteiger partial charge in [0.15, 0.2) is 0 Å². The molecule has 0 aliphatic carbocycles. The number of carbonyl (C=O) groups is 1. The van der Waals surface area contributed by atoms with Crippen LogP contribution in [0, 0.1) is 0 Å². The molecule has 1 heterocycles. The molecular weight excluding hydrogens is 144 g/mol. The van der Waals surface area contributed by atoms with E-state index in [2.05, 4.69) is 10.6 Å². The second-order valence-corrected chi connectivity index (χ2v) is 2.93. The van der Waals surface area contributed by atoms with Crippen LogP contribution in [0.2, 0.25) is 0 Å². The van der Waals surface area contributed by atoms with Crippen LogP contribution in [0.3, 0.4) is 0 Å². The van der Waals surface area contributed by atoms with Gasteiger partial charge in [-0.2, -0.15) is 0 Å². The number of ether oxygens (including phenoxy) is 1. The molecule has 64 valence electrons. The quantitative estimate of drug-likeness (QED) is 0.611. The van der Waals surface area contributed by atoms with Gasteiger partial charge in [0, 0.05) is 6.54 Å². The van der Waals surface area contributed by atoms with E-state index in [1.54, 1.807) is 0 Å². The molecule has 0 radical (unpaired) electrons. The maximum atomic E-state index is 10.6. The summed E-state index contributed by atoms with van der Waals surface area (Å²) in [5.74, 6) is 0. The number of carbonyl (C=O) groups excluding carboxylic acids is 1. The third-order valence-corrected chi connectivity index (χ3v) is 1.47. The molecular formula is C7H14N2O2. The highest BCUT2D eigenvalue weighted by Gasteiger charge is 2.19. The summed E-state index contributed by atoms with van der Waals surface area (Å²) >= 11 is 0. The molecule has 1 saturated heterocycles. The molecule has 1 aliphatic rings. The van der Waals surface area contributed by atoms with Crippen LogP contribution in [-0.4, -0.2) is 31.3 Å². The summed E-state index contributed by atoms with van der Waals surface area (Å²) < 4.78 is 5.32. The zero-order valence-electron chi connectivity index (χ0n) is 6.89. The molecule has 1 unspecified atom stereocenters. The summed E-state index contributed by atoms with van der Waals surface area (Å²) in [6, 6.07) is 0.0484. The highest BCUT2D eigenvalue weighted by molar-refractivity contribution is 5.76. The van der Waals surface area contributed by atoms with Gasteiger partial charge >= 0.3 is 6.03 Å². The lowest BCUT2D eigenvalue weighted by molar-refractivity contribution is 0.0674. The first-order valence-electron chi connectivity index (χ1n) is 3.84. The van der Waals surface area contributed by atoms with Crippen molar-refractivity contribution in [2.24, 2.45) is 0 Å². The molecule has 1 rings (SSSR count). The van der Waals surface area contributed by atoms with E-state index < -0.39 is 0 Å². The van der Waals surface area contributed by atoms with Gasteiger partial charge in [0.2, 0.25) is 0 Å². The van der Waals surface area contributed by atoms with E-state index in [-0.39, 0.29) is 18.2 Å². The molecule has 11 heavy (non-hydrogen) atoms. The van der Waals surface area contributed by atoms with E-state index in [0.29, 0.717) is 13.2 Å². The van der Waals surface area contributed by atoms with Gasteiger partial charge in [-0.25, -0.2) is 4.79 Å². The summed E-state index contributed by atoms with van der Waals surface area (Å²) in [7, 11) is 0. The van der Waals surface area contributed by atoms with E-state index in [9.17, 15) is 4.79 Å². The Morgan fingerprint density at radius 2 is 2.45 bits per heavy atom. The van der Waals surface area contributed by atoms with Crippen molar-refractivity contribution in [3.63, 3.8) is 0 Å². The average Bonchev–Trinajstić information content (AvgIpc) is 2.31. The highest BCUT2D eigenvalue weighted by atomic mass is 16.5. The molecule has 0 aromatic carbocycles. The molecule has 2 N–H and O–H groups in total. The van der Waals surface area contributed by atoms with E-state index in [0.717, 1.165) is 0 Å². The molecule has 4 heteroatoms. The minimum absolute atomic E-state index is 0.0950. The number of amides is 2. The Hall–Kier alpha value is -0.770. The topological polar surface area (TPSA) is 50.4 Å². The molecule has 0 aromatic heterocycles. The van der Waals surface area contributed by atoms with Crippen LogP contribution >= 0.6 is 0 Å². The number of rotatable bonds is 3. The van der Waals surface area contributed by atoms with Crippen molar-refractivity contribution < 1.29 is 9.53 Å². The Balaban J connectivity index is 2.13. The van der Waals surface area contributed by atoms with E-state index in [1.165, 1.54) is 0 Å². The van der Waals surface area contributed by atoms with Crippen molar-refractivity contribution in [1.29, 1.82) is 0 Å². The van der Waals surface area contributed by atoms with Gasteiger partial charge in [0.1, 0.15) is 0 Å². The minimum atomic E-state index is -0.0950. The molecule has 1 fully saturated rings. The van der Waals surface area contributed by atoms with E-state index in [1.807, 2.05) is 13.8 Å². The summed E-state index contributed by atoms with van der Waals surface area (Å²) in [4.78, 5) is 10.6. The van der Waals surface area contributed by atoms with Gasteiger partial charge in [0.25, 0.3) is 0 Å². The zero-order chi connectivity index (χ0) is 8.27. The van der Waals surface area contributed by atoms with Crippen LogP contribution < -0.4 is 10.6 Å². The fourth-order valence-corrected chi connectivity index (χ4v) is 0.913. The first-order chi connectivity index (χ1) is 5.18. The SMILES string of the molecule is CC(C)OCC1CNC(=O)N1. The van der Waals surface area contributed by atoms with Crippen molar-refractivity contribution in [2.45, 2.75) is 26.0 Å². The number of hydrogen-bond donors (Lipinski definition) is 2. The second kappa shape index (κ2) is 3.57. The molecule has 4 nitrogen and oxygen atoms in total. The smallest absolute Gasteiger partial charge is 0.315 e. The lowest BCUT2D eigenvalue weighted by Gasteiger charge is -2.11. The van der Waals surface area contributed by atoms with E-state index >= 15 is 0 Å². The molecule has 0 aromatic rings. The molecule has 1 aliphatic heterocycles. The third kappa shape index (κ3) is 2.76. The minimum Gasteiger partial charge on any atom is -0.377 e. The maximum absolute atomic E-state index is 10.6. The van der Waals surface area contributed by atoms with Crippen molar-refractivity contribution in [1.82, 2.24) is 10.6 Å². The summed E-state index contributed by atoms with van der Waals surface area (Å²) in [5.41, 5.74) is 0. The fraction of sp³-hybridized carbons (Fsp3) is 0.857. The van der Waals surface area contributed by atoms with E-state index in [4.69, 9.17) is 4.74 Å². The average molecular weight is 158 g/mol. The lowest BCUT2D eigenvalue weighted by Crippen LogP contribution is -2.31. The number of hydrogen-bond acceptors (Lipinski definition) is 2. The molecule has 1 atom stereocenters. The first-order valence-corrected chi connectivity index (χ1v) is 3.84. The van der Waals surface area contributed by atoms with Gasteiger partial charge in [-0.1, -0.05) is 0 Å². The summed E-state index contributed by atoms with van der Waals surface area (Å²) in [5, 5.41) is 5.40. The zero-order valence-corrected chi connectivity index (χ0v) is 6.89. The van der Waals surface area contributed by atoms with Crippen LogP contribution in [0.5, 0.6) is 0 Å². The molecule has 0 spiro atoms. The maximum Gasteiger partial charge on any atom is 0.315 e. The van der Waals surface area contributed by atoms with Crippen LogP contribution in [-0.2, 0) is 4.74 Å². The normalized spacial score (nSPS) is 23.5. The fourth-order valence-electron chi connectivity index (χ4n) is 0.913. The van der Waals surface area contributed by atoms with Crippen LogP contribution in [0.1, 0.15) is 13.8 Å². The predicted octanol–water partition coefficient (Wildman–Crippen LogP) is 0.0928. The largest absolute Gasteiger partial charge is 0.377 e. The molecule has 0 saturated carbocycles. The van der Waals surface area contributed by atoms with Gasteiger partial charge < -0.3 is 15.4 Å².